The van der Waals surface area contributed by atoms with Crippen LogP contribution < -0.4 is 10.7 Å². The van der Waals surface area contributed by atoms with Crippen LogP contribution in [0.5, 0.6) is 0 Å². The predicted molar refractivity (Wildman–Crippen MR) is 138 cm³/mol. The van der Waals surface area contributed by atoms with E-state index in [1.54, 1.807) is 18.5 Å². The van der Waals surface area contributed by atoms with Gasteiger partial charge in [-0.3, -0.25) is 9.69 Å². The average molecular weight is 468 g/mol. The number of pyridine rings is 1. The number of anilines is 2. The molecule has 1 saturated heterocycles. The largest absolute Gasteiger partial charge is 0.379 e. The van der Waals surface area contributed by atoms with Crippen molar-refractivity contribution >= 4 is 22.7 Å². The molecule has 2 aromatic carbocycles. The van der Waals surface area contributed by atoms with Crippen LogP contribution in [-0.2, 0) is 24.0 Å². The van der Waals surface area contributed by atoms with E-state index in [2.05, 4.69) is 57.7 Å². The number of nitrogens with zero attached hydrogens (tertiary/aromatic N) is 4. The summed E-state index contributed by atoms with van der Waals surface area (Å²) in [6.45, 7) is 4.72. The van der Waals surface area contributed by atoms with Crippen molar-refractivity contribution in [3.63, 3.8) is 0 Å². The summed E-state index contributed by atoms with van der Waals surface area (Å²) in [5.41, 5.74) is 6.57. The normalized spacial score (nSPS) is 15.9. The van der Waals surface area contributed by atoms with Gasteiger partial charge in [0.25, 0.3) is 0 Å². The molecule has 1 N–H and O–H groups in total. The van der Waals surface area contributed by atoms with Crippen LogP contribution in [0.4, 0.5) is 11.6 Å². The summed E-state index contributed by atoms with van der Waals surface area (Å²) in [6, 6.07) is 16.5. The molecule has 7 nitrogen and oxygen atoms in total. The molecule has 0 atom stereocenters. The van der Waals surface area contributed by atoms with Crippen LogP contribution in [0.2, 0.25) is 0 Å². The van der Waals surface area contributed by atoms with E-state index < -0.39 is 0 Å². The summed E-state index contributed by atoms with van der Waals surface area (Å²) in [5, 5.41) is 3.82. The topological polar surface area (TPSA) is 72.3 Å². The SMILES string of the molecule is O=c1ccn(-c2ccc3c(c2)CCC3)c2nc(Nc3ccc(CCN4CCOCC4)cc3)ncc12. The Morgan fingerprint density at radius 2 is 1.80 bits per heavy atom. The van der Waals surface area contributed by atoms with E-state index >= 15 is 0 Å². The molecule has 0 radical (unpaired) electrons. The molecule has 0 bridgehead atoms. The molecule has 3 heterocycles. The number of aromatic nitrogens is 3. The first-order valence-electron chi connectivity index (χ1n) is 12.4. The highest BCUT2D eigenvalue weighted by Gasteiger charge is 2.14. The molecule has 6 rings (SSSR count). The Bertz CT molecular complexity index is 1410. The van der Waals surface area contributed by atoms with Crippen LogP contribution in [0.3, 0.4) is 0 Å². The zero-order chi connectivity index (χ0) is 23.6. The molecule has 0 amide bonds. The zero-order valence-corrected chi connectivity index (χ0v) is 19.7. The first kappa shape index (κ1) is 21.9. The van der Waals surface area contributed by atoms with Crippen molar-refractivity contribution in [2.75, 3.05) is 38.2 Å². The van der Waals surface area contributed by atoms with Crippen LogP contribution in [0.25, 0.3) is 16.7 Å². The van der Waals surface area contributed by atoms with Crippen molar-refractivity contribution in [1.82, 2.24) is 19.4 Å². The second-order valence-corrected chi connectivity index (χ2v) is 9.31. The van der Waals surface area contributed by atoms with E-state index in [9.17, 15) is 4.79 Å². The van der Waals surface area contributed by atoms with E-state index in [0.717, 1.165) is 63.5 Å². The van der Waals surface area contributed by atoms with Crippen molar-refractivity contribution in [1.29, 1.82) is 0 Å². The van der Waals surface area contributed by atoms with Crippen molar-refractivity contribution in [2.24, 2.45) is 0 Å². The summed E-state index contributed by atoms with van der Waals surface area (Å²) in [7, 11) is 0. The van der Waals surface area contributed by atoms with E-state index in [1.807, 2.05) is 4.57 Å². The van der Waals surface area contributed by atoms with Crippen LogP contribution in [0.15, 0.2) is 65.7 Å². The third-order valence-electron chi connectivity index (χ3n) is 7.03. The third-order valence-corrected chi connectivity index (χ3v) is 7.03. The minimum Gasteiger partial charge on any atom is -0.379 e. The number of hydrogen-bond donors (Lipinski definition) is 1. The minimum atomic E-state index is -0.0754. The van der Waals surface area contributed by atoms with Crippen molar-refractivity contribution in [3.05, 3.63) is 87.8 Å². The fourth-order valence-electron chi connectivity index (χ4n) is 5.01. The maximum Gasteiger partial charge on any atom is 0.229 e. The number of rotatable bonds is 6. The second-order valence-electron chi connectivity index (χ2n) is 9.31. The van der Waals surface area contributed by atoms with Gasteiger partial charge in [0, 0.05) is 49.5 Å². The molecular weight excluding hydrogens is 438 g/mol. The highest BCUT2D eigenvalue weighted by atomic mass is 16.5. The number of benzene rings is 2. The summed E-state index contributed by atoms with van der Waals surface area (Å²) < 4.78 is 7.41. The second kappa shape index (κ2) is 9.60. The maximum atomic E-state index is 12.5. The molecule has 7 heteroatoms. The number of ether oxygens (including phenoxy) is 1. The highest BCUT2D eigenvalue weighted by molar-refractivity contribution is 5.77. The van der Waals surface area contributed by atoms with Gasteiger partial charge >= 0.3 is 0 Å². The quantitative estimate of drug-likeness (QED) is 0.464. The molecule has 1 aliphatic carbocycles. The van der Waals surface area contributed by atoms with Crippen molar-refractivity contribution < 1.29 is 4.74 Å². The van der Waals surface area contributed by atoms with E-state index in [-0.39, 0.29) is 5.43 Å². The van der Waals surface area contributed by atoms with E-state index in [0.29, 0.717) is 17.0 Å². The summed E-state index contributed by atoms with van der Waals surface area (Å²) in [6.07, 6.45) is 7.88. The minimum absolute atomic E-state index is 0.0754. The molecule has 2 aliphatic rings. The van der Waals surface area contributed by atoms with Gasteiger partial charge in [0.15, 0.2) is 11.1 Å². The van der Waals surface area contributed by atoms with Gasteiger partial charge in [-0.1, -0.05) is 18.2 Å². The molecule has 0 saturated carbocycles. The Labute approximate surface area is 204 Å². The van der Waals surface area contributed by atoms with Crippen LogP contribution in [-0.4, -0.2) is 52.3 Å². The number of fused-ring (bicyclic) bond motifs is 2. The lowest BCUT2D eigenvalue weighted by molar-refractivity contribution is 0.0384. The first-order valence-corrected chi connectivity index (χ1v) is 12.4. The molecule has 0 unspecified atom stereocenters. The van der Waals surface area contributed by atoms with Gasteiger partial charge in [-0.2, -0.15) is 4.98 Å². The smallest absolute Gasteiger partial charge is 0.229 e. The number of nitrogens with one attached hydrogen (secondary N) is 1. The van der Waals surface area contributed by atoms with Gasteiger partial charge in [0.1, 0.15) is 0 Å². The Kier molecular flexibility index (Phi) is 6.02. The molecule has 1 fully saturated rings. The Morgan fingerprint density at radius 3 is 2.66 bits per heavy atom. The Hall–Kier alpha value is -3.55. The van der Waals surface area contributed by atoms with Gasteiger partial charge in [-0.25, -0.2) is 4.98 Å². The molecule has 2 aromatic heterocycles. The lowest BCUT2D eigenvalue weighted by atomic mass is 10.1. The number of hydrogen-bond acceptors (Lipinski definition) is 6. The van der Waals surface area contributed by atoms with Gasteiger partial charge in [0.2, 0.25) is 5.95 Å². The number of morpholine rings is 1. The zero-order valence-electron chi connectivity index (χ0n) is 19.7. The van der Waals surface area contributed by atoms with Gasteiger partial charge in [0.05, 0.1) is 18.6 Å². The standard InChI is InChI=1S/C28H29N5O2/c34-26-11-13-33(24-9-6-21-2-1-3-22(21)18-24)27-25(26)19-29-28(31-27)30-23-7-4-20(5-8-23)10-12-32-14-16-35-17-15-32/h4-9,11,13,18-19H,1-3,10,12,14-17H2,(H,29,30,31). The molecule has 35 heavy (non-hydrogen) atoms. The summed E-state index contributed by atoms with van der Waals surface area (Å²) >= 11 is 0. The predicted octanol–water partition coefficient (Wildman–Crippen LogP) is 3.89. The van der Waals surface area contributed by atoms with Crippen LogP contribution in [0.1, 0.15) is 23.1 Å². The molecule has 1 aliphatic heterocycles. The first-order chi connectivity index (χ1) is 17.2. The highest BCUT2D eigenvalue weighted by Crippen LogP contribution is 2.26. The molecule has 178 valence electrons. The molecular formula is C28H29N5O2. The van der Waals surface area contributed by atoms with Crippen LogP contribution in [0, 0.1) is 0 Å². The fourth-order valence-corrected chi connectivity index (χ4v) is 5.01. The Balaban J connectivity index is 1.23. The van der Waals surface area contributed by atoms with Gasteiger partial charge < -0.3 is 14.6 Å². The van der Waals surface area contributed by atoms with Crippen LogP contribution >= 0.6 is 0 Å². The summed E-state index contributed by atoms with van der Waals surface area (Å²) in [4.78, 5) is 24.1. The molecule has 0 spiro atoms. The number of aryl methyl sites for hydroxylation is 2. The fraction of sp³-hybridized carbons (Fsp3) is 0.321. The van der Waals surface area contributed by atoms with E-state index in [4.69, 9.17) is 9.72 Å². The van der Waals surface area contributed by atoms with Gasteiger partial charge in [-0.05, 0) is 66.6 Å². The van der Waals surface area contributed by atoms with Gasteiger partial charge in [-0.15, -0.1) is 0 Å². The lowest BCUT2D eigenvalue weighted by Gasteiger charge is -2.26. The van der Waals surface area contributed by atoms with Crippen molar-refractivity contribution in [2.45, 2.75) is 25.7 Å². The average Bonchev–Trinajstić information content (AvgIpc) is 3.37. The Morgan fingerprint density at radius 1 is 0.971 bits per heavy atom. The maximum absolute atomic E-state index is 12.5. The van der Waals surface area contributed by atoms with Crippen molar-refractivity contribution in [3.8, 4) is 5.69 Å². The van der Waals surface area contributed by atoms with E-state index in [1.165, 1.54) is 23.1 Å². The lowest BCUT2D eigenvalue weighted by Crippen LogP contribution is -2.37. The molecule has 4 aromatic rings. The third kappa shape index (κ3) is 4.70. The monoisotopic (exact) mass is 467 g/mol. The summed E-state index contributed by atoms with van der Waals surface area (Å²) in [5.74, 6) is 0.471.